The number of hydrogen-bond donors (Lipinski definition) is 1. The normalized spacial score (nSPS) is 11.9. The number of aryl methyl sites for hydroxylation is 1. The van der Waals surface area contributed by atoms with Gasteiger partial charge in [0.25, 0.3) is 0 Å². The fourth-order valence-corrected chi connectivity index (χ4v) is 1.77. The molecule has 0 saturated carbocycles. The lowest BCUT2D eigenvalue weighted by atomic mass is 10.1. The van der Waals surface area contributed by atoms with Crippen molar-refractivity contribution in [1.82, 2.24) is 9.97 Å². The van der Waals surface area contributed by atoms with Crippen molar-refractivity contribution >= 4 is 5.95 Å². The molecule has 0 spiro atoms. The highest BCUT2D eigenvalue weighted by Crippen LogP contribution is 2.18. The Balaban J connectivity index is 2.07. The molecule has 0 aliphatic heterocycles. The Kier molecular flexibility index (Phi) is 4.34. The molecule has 19 heavy (non-hydrogen) atoms. The van der Waals surface area contributed by atoms with Gasteiger partial charge in [0.15, 0.2) is 0 Å². The largest absolute Gasteiger partial charge is 0.478 e. The third-order valence-electron chi connectivity index (χ3n) is 2.85. The average molecular weight is 257 g/mol. The molecule has 0 bridgehead atoms. The van der Waals surface area contributed by atoms with Crippen LogP contribution in [0.5, 0.6) is 5.88 Å². The number of ether oxygens (including phenoxy) is 1. The standard InChI is InChI=1S/C15H19N3O/c1-4-19-14-9-10-16-15(18-14)17-12(3)13-7-5-11(2)6-8-13/h5-10,12H,4H2,1-3H3,(H,16,17,18). The summed E-state index contributed by atoms with van der Waals surface area (Å²) in [7, 11) is 0. The second-order valence-corrected chi connectivity index (χ2v) is 4.43. The van der Waals surface area contributed by atoms with Gasteiger partial charge in [-0.15, -0.1) is 0 Å². The maximum atomic E-state index is 5.36. The molecule has 2 aromatic rings. The van der Waals surface area contributed by atoms with E-state index < -0.39 is 0 Å². The molecule has 0 amide bonds. The Hall–Kier alpha value is -2.10. The number of hydrogen-bond acceptors (Lipinski definition) is 4. The van der Waals surface area contributed by atoms with E-state index in [-0.39, 0.29) is 6.04 Å². The summed E-state index contributed by atoms with van der Waals surface area (Å²) in [6, 6.07) is 10.3. The van der Waals surface area contributed by atoms with Gasteiger partial charge in [0.1, 0.15) is 0 Å². The van der Waals surface area contributed by atoms with Crippen LogP contribution in [0, 0.1) is 6.92 Å². The quantitative estimate of drug-likeness (QED) is 0.892. The van der Waals surface area contributed by atoms with Crippen molar-refractivity contribution in [3.8, 4) is 5.88 Å². The van der Waals surface area contributed by atoms with Crippen LogP contribution in [0.4, 0.5) is 5.95 Å². The third-order valence-corrected chi connectivity index (χ3v) is 2.85. The van der Waals surface area contributed by atoms with Gasteiger partial charge < -0.3 is 10.1 Å². The maximum absolute atomic E-state index is 5.36. The zero-order chi connectivity index (χ0) is 13.7. The van der Waals surface area contributed by atoms with Gasteiger partial charge in [-0.3, -0.25) is 0 Å². The molecule has 4 nitrogen and oxygen atoms in total. The second-order valence-electron chi connectivity index (χ2n) is 4.43. The van der Waals surface area contributed by atoms with Gasteiger partial charge >= 0.3 is 0 Å². The lowest BCUT2D eigenvalue weighted by molar-refractivity contribution is 0.326. The molecular weight excluding hydrogens is 238 g/mol. The van der Waals surface area contributed by atoms with Crippen molar-refractivity contribution in [2.45, 2.75) is 26.8 Å². The highest BCUT2D eigenvalue weighted by atomic mass is 16.5. The lowest BCUT2D eigenvalue weighted by Gasteiger charge is -2.14. The molecule has 1 heterocycles. The molecule has 1 N–H and O–H groups in total. The molecule has 1 aromatic heterocycles. The average Bonchev–Trinajstić information content (AvgIpc) is 2.40. The first-order chi connectivity index (χ1) is 9.19. The van der Waals surface area contributed by atoms with E-state index in [2.05, 4.69) is 53.4 Å². The predicted octanol–water partition coefficient (Wildman–Crippen LogP) is 3.36. The summed E-state index contributed by atoms with van der Waals surface area (Å²) in [5.41, 5.74) is 2.46. The number of nitrogens with one attached hydrogen (secondary N) is 1. The zero-order valence-corrected chi connectivity index (χ0v) is 11.6. The topological polar surface area (TPSA) is 47.0 Å². The highest BCUT2D eigenvalue weighted by Gasteiger charge is 2.07. The van der Waals surface area contributed by atoms with Crippen molar-refractivity contribution in [3.05, 3.63) is 47.7 Å². The summed E-state index contributed by atoms with van der Waals surface area (Å²) in [4.78, 5) is 8.50. The van der Waals surface area contributed by atoms with Gasteiger partial charge in [-0.05, 0) is 26.3 Å². The zero-order valence-electron chi connectivity index (χ0n) is 11.6. The van der Waals surface area contributed by atoms with E-state index in [1.54, 1.807) is 12.3 Å². The maximum Gasteiger partial charge on any atom is 0.226 e. The number of rotatable bonds is 5. The smallest absolute Gasteiger partial charge is 0.226 e. The Morgan fingerprint density at radius 3 is 2.63 bits per heavy atom. The van der Waals surface area contributed by atoms with Crippen LogP contribution >= 0.6 is 0 Å². The molecule has 4 heteroatoms. The number of anilines is 1. The predicted molar refractivity (Wildman–Crippen MR) is 76.4 cm³/mol. The van der Waals surface area contributed by atoms with E-state index in [0.717, 1.165) is 0 Å². The monoisotopic (exact) mass is 257 g/mol. The molecule has 0 radical (unpaired) electrons. The Labute approximate surface area is 113 Å². The highest BCUT2D eigenvalue weighted by molar-refractivity contribution is 5.34. The van der Waals surface area contributed by atoms with Gasteiger partial charge in [-0.1, -0.05) is 29.8 Å². The van der Waals surface area contributed by atoms with Gasteiger partial charge in [0, 0.05) is 12.3 Å². The molecule has 1 unspecified atom stereocenters. The van der Waals surface area contributed by atoms with Crippen molar-refractivity contribution < 1.29 is 4.74 Å². The first-order valence-electron chi connectivity index (χ1n) is 6.48. The molecule has 0 saturated heterocycles. The number of aromatic nitrogens is 2. The van der Waals surface area contributed by atoms with Crippen molar-refractivity contribution in [2.75, 3.05) is 11.9 Å². The summed E-state index contributed by atoms with van der Waals surface area (Å²) in [6.45, 7) is 6.70. The Bertz CT molecular complexity index is 525. The van der Waals surface area contributed by atoms with Gasteiger partial charge in [-0.25, -0.2) is 4.98 Å². The number of nitrogens with zero attached hydrogens (tertiary/aromatic N) is 2. The summed E-state index contributed by atoms with van der Waals surface area (Å²) < 4.78 is 5.36. The summed E-state index contributed by atoms with van der Waals surface area (Å²) in [6.07, 6.45) is 1.70. The first kappa shape index (κ1) is 13.3. The van der Waals surface area contributed by atoms with Crippen molar-refractivity contribution in [3.63, 3.8) is 0 Å². The van der Waals surface area contributed by atoms with E-state index in [0.29, 0.717) is 18.4 Å². The number of benzene rings is 1. The molecule has 2 rings (SSSR count). The molecule has 0 fully saturated rings. The van der Waals surface area contributed by atoms with Crippen molar-refractivity contribution in [2.24, 2.45) is 0 Å². The van der Waals surface area contributed by atoms with Crippen LogP contribution in [0.3, 0.4) is 0 Å². The molecule has 1 aromatic carbocycles. The third kappa shape index (κ3) is 3.68. The van der Waals surface area contributed by atoms with Crippen LogP contribution in [0.2, 0.25) is 0 Å². The Morgan fingerprint density at radius 2 is 1.95 bits per heavy atom. The van der Waals surface area contributed by atoms with Crippen LogP contribution in [0.15, 0.2) is 36.5 Å². The van der Waals surface area contributed by atoms with E-state index in [4.69, 9.17) is 4.74 Å². The first-order valence-corrected chi connectivity index (χ1v) is 6.48. The van der Waals surface area contributed by atoms with Crippen LogP contribution in [-0.4, -0.2) is 16.6 Å². The Morgan fingerprint density at radius 1 is 1.21 bits per heavy atom. The molecular formula is C15H19N3O. The minimum Gasteiger partial charge on any atom is -0.478 e. The summed E-state index contributed by atoms with van der Waals surface area (Å²) in [5, 5.41) is 3.27. The van der Waals surface area contributed by atoms with Gasteiger partial charge in [0.05, 0.1) is 12.6 Å². The fourth-order valence-electron chi connectivity index (χ4n) is 1.77. The van der Waals surface area contributed by atoms with E-state index in [9.17, 15) is 0 Å². The fraction of sp³-hybridized carbons (Fsp3) is 0.333. The SMILES string of the molecule is CCOc1ccnc(NC(C)c2ccc(C)cc2)n1. The van der Waals surface area contributed by atoms with Crippen molar-refractivity contribution in [1.29, 1.82) is 0 Å². The molecule has 0 aliphatic rings. The lowest BCUT2D eigenvalue weighted by Crippen LogP contribution is -2.09. The molecule has 1 atom stereocenters. The van der Waals surface area contributed by atoms with Gasteiger partial charge in [0.2, 0.25) is 11.8 Å². The molecule has 0 aliphatic carbocycles. The summed E-state index contributed by atoms with van der Waals surface area (Å²) >= 11 is 0. The van der Waals surface area contributed by atoms with E-state index >= 15 is 0 Å². The molecule has 100 valence electrons. The van der Waals surface area contributed by atoms with E-state index in [1.165, 1.54) is 11.1 Å². The minimum atomic E-state index is 0.150. The van der Waals surface area contributed by atoms with Crippen LogP contribution in [0.25, 0.3) is 0 Å². The van der Waals surface area contributed by atoms with E-state index in [1.807, 2.05) is 6.92 Å². The second kappa shape index (κ2) is 6.18. The van der Waals surface area contributed by atoms with Crippen LogP contribution in [0.1, 0.15) is 31.0 Å². The van der Waals surface area contributed by atoms with Crippen LogP contribution in [-0.2, 0) is 0 Å². The van der Waals surface area contributed by atoms with Gasteiger partial charge in [-0.2, -0.15) is 4.98 Å². The summed E-state index contributed by atoms with van der Waals surface area (Å²) in [5.74, 6) is 1.18. The van der Waals surface area contributed by atoms with Crippen LogP contribution < -0.4 is 10.1 Å². The minimum absolute atomic E-state index is 0.150.